The molecule has 0 spiro atoms. The second-order valence-electron chi connectivity index (χ2n) is 1.59. The van der Waals surface area contributed by atoms with E-state index in [2.05, 4.69) is 4.74 Å². The summed E-state index contributed by atoms with van der Waals surface area (Å²) in [6.07, 6.45) is -2.66. The summed E-state index contributed by atoms with van der Waals surface area (Å²) in [5.41, 5.74) is 0. The molecule has 4 nitrogen and oxygen atoms in total. The first-order valence-corrected chi connectivity index (χ1v) is 2.72. The molecule has 0 atom stereocenters. The number of esters is 1. The van der Waals surface area contributed by atoms with Gasteiger partial charge in [-0.1, -0.05) is 0 Å². The Hall–Kier alpha value is -1.20. The number of halogens is 2. The fraction of sp³-hybridized carbons (Fsp3) is 0.600. The van der Waals surface area contributed by atoms with Crippen molar-refractivity contribution in [2.75, 3.05) is 13.7 Å². The first-order valence-electron chi connectivity index (χ1n) is 2.72. The Kier molecular flexibility index (Phi) is 4.09. The van der Waals surface area contributed by atoms with Crippen LogP contribution in [0.1, 0.15) is 0 Å². The number of carbonyl (C=O) groups excluding carboxylic acids is 2. The van der Waals surface area contributed by atoms with E-state index >= 15 is 0 Å². The van der Waals surface area contributed by atoms with E-state index in [1.165, 1.54) is 0 Å². The predicted molar refractivity (Wildman–Crippen MR) is 31.0 cm³/mol. The summed E-state index contributed by atoms with van der Waals surface area (Å²) in [6.45, 7) is -0.839. The molecule has 64 valence electrons. The summed E-state index contributed by atoms with van der Waals surface area (Å²) < 4.78 is 26.7. The van der Waals surface area contributed by atoms with Gasteiger partial charge >= 0.3 is 11.9 Å². The monoisotopic (exact) mass is 167 g/mol. The lowest BCUT2D eigenvalue weighted by atomic mass is 10.5. The molecule has 0 aliphatic carbocycles. The molecular formula is C5H7F2NO3. The van der Waals surface area contributed by atoms with Crippen molar-refractivity contribution in [1.29, 1.82) is 0 Å². The van der Waals surface area contributed by atoms with Crippen LogP contribution in [0, 0.1) is 0 Å². The van der Waals surface area contributed by atoms with Crippen LogP contribution >= 0.6 is 0 Å². The molecule has 0 aromatic heterocycles. The summed E-state index contributed by atoms with van der Waals surface area (Å²) >= 11 is 0. The summed E-state index contributed by atoms with van der Waals surface area (Å²) in [4.78, 5) is 20.6. The predicted octanol–water partition coefficient (Wildman–Crippen LogP) is -0.459. The Bertz CT molecular complexity index is 160. The van der Waals surface area contributed by atoms with Crippen molar-refractivity contribution in [2.45, 2.75) is 6.43 Å². The standard InChI is InChI=1S/C5H7F2NO3/c1-11-5(10)4(9)8-2-3(6)7/h3H,2H2,1H3,(H,8,9). The molecule has 0 rings (SSSR count). The lowest BCUT2D eigenvalue weighted by Crippen LogP contribution is -2.34. The minimum Gasteiger partial charge on any atom is -0.462 e. The maximum Gasteiger partial charge on any atom is 0.396 e. The molecule has 0 fully saturated rings. The topological polar surface area (TPSA) is 55.4 Å². The summed E-state index contributed by atoms with van der Waals surface area (Å²) in [7, 11) is 0.990. The van der Waals surface area contributed by atoms with E-state index in [1.807, 2.05) is 0 Å². The second-order valence-corrected chi connectivity index (χ2v) is 1.59. The Morgan fingerprint density at radius 2 is 2.09 bits per heavy atom. The van der Waals surface area contributed by atoms with Crippen molar-refractivity contribution in [3.05, 3.63) is 0 Å². The lowest BCUT2D eigenvalue weighted by Gasteiger charge is -2.00. The van der Waals surface area contributed by atoms with E-state index in [9.17, 15) is 18.4 Å². The van der Waals surface area contributed by atoms with E-state index in [1.54, 1.807) is 5.32 Å². The van der Waals surface area contributed by atoms with E-state index in [4.69, 9.17) is 0 Å². The number of alkyl halides is 2. The van der Waals surface area contributed by atoms with Crippen LogP contribution < -0.4 is 5.32 Å². The number of hydrogen-bond acceptors (Lipinski definition) is 3. The van der Waals surface area contributed by atoms with Crippen molar-refractivity contribution < 1.29 is 23.1 Å². The Balaban J connectivity index is 3.61. The smallest absolute Gasteiger partial charge is 0.396 e. The van der Waals surface area contributed by atoms with Crippen molar-refractivity contribution in [3.63, 3.8) is 0 Å². The highest BCUT2D eigenvalue weighted by atomic mass is 19.3. The number of methoxy groups -OCH3 is 1. The van der Waals surface area contributed by atoms with Crippen LogP contribution in [0.25, 0.3) is 0 Å². The molecule has 0 aromatic rings. The van der Waals surface area contributed by atoms with E-state index < -0.39 is 24.8 Å². The third-order valence-electron chi connectivity index (χ3n) is 0.788. The Morgan fingerprint density at radius 3 is 2.45 bits per heavy atom. The van der Waals surface area contributed by atoms with Gasteiger partial charge in [-0.3, -0.25) is 4.79 Å². The maximum atomic E-state index is 11.4. The van der Waals surface area contributed by atoms with Crippen LogP contribution in [0.5, 0.6) is 0 Å². The molecule has 6 heteroatoms. The summed E-state index contributed by atoms with van der Waals surface area (Å²) in [5.74, 6) is -2.33. The first-order chi connectivity index (χ1) is 5.07. The van der Waals surface area contributed by atoms with Gasteiger partial charge < -0.3 is 10.1 Å². The molecular weight excluding hydrogens is 160 g/mol. The molecule has 0 saturated heterocycles. The van der Waals surface area contributed by atoms with Crippen LogP contribution in [-0.2, 0) is 14.3 Å². The SMILES string of the molecule is COC(=O)C(=O)NCC(F)F. The zero-order valence-electron chi connectivity index (χ0n) is 5.77. The number of nitrogens with one attached hydrogen (secondary N) is 1. The van der Waals surface area contributed by atoms with Gasteiger partial charge in [-0.2, -0.15) is 0 Å². The third-order valence-corrected chi connectivity index (χ3v) is 0.788. The van der Waals surface area contributed by atoms with Crippen LogP contribution in [-0.4, -0.2) is 32.0 Å². The molecule has 11 heavy (non-hydrogen) atoms. The van der Waals surface area contributed by atoms with Crippen molar-refractivity contribution >= 4 is 11.9 Å². The summed E-state index contributed by atoms with van der Waals surface area (Å²) in [6, 6.07) is 0. The van der Waals surface area contributed by atoms with Crippen LogP contribution in [0.15, 0.2) is 0 Å². The lowest BCUT2D eigenvalue weighted by molar-refractivity contribution is -0.152. The number of carbonyl (C=O) groups is 2. The van der Waals surface area contributed by atoms with E-state index in [0.29, 0.717) is 0 Å². The third kappa shape index (κ3) is 4.24. The van der Waals surface area contributed by atoms with Crippen LogP contribution in [0.2, 0.25) is 0 Å². The fourth-order valence-corrected chi connectivity index (χ4v) is 0.335. The molecule has 0 heterocycles. The highest BCUT2D eigenvalue weighted by Gasteiger charge is 2.14. The number of ether oxygens (including phenoxy) is 1. The zero-order chi connectivity index (χ0) is 8.85. The highest BCUT2D eigenvalue weighted by Crippen LogP contribution is 1.87. The second kappa shape index (κ2) is 4.59. The maximum absolute atomic E-state index is 11.4. The first kappa shape index (κ1) is 9.80. The van der Waals surface area contributed by atoms with Crippen LogP contribution in [0.3, 0.4) is 0 Å². The van der Waals surface area contributed by atoms with Gasteiger partial charge in [0.25, 0.3) is 6.43 Å². The quantitative estimate of drug-likeness (QED) is 0.447. The molecule has 0 aliphatic heterocycles. The van der Waals surface area contributed by atoms with Gasteiger partial charge in [0.2, 0.25) is 0 Å². The largest absolute Gasteiger partial charge is 0.462 e. The molecule has 0 aromatic carbocycles. The van der Waals surface area contributed by atoms with Gasteiger partial charge in [0, 0.05) is 0 Å². The average molecular weight is 167 g/mol. The van der Waals surface area contributed by atoms with Crippen LogP contribution in [0.4, 0.5) is 8.78 Å². The molecule has 0 unspecified atom stereocenters. The molecule has 1 amide bonds. The minimum absolute atomic E-state index is 0.839. The van der Waals surface area contributed by atoms with Gasteiger partial charge in [0.1, 0.15) is 0 Å². The highest BCUT2D eigenvalue weighted by molar-refractivity contribution is 6.32. The fourth-order valence-electron chi connectivity index (χ4n) is 0.335. The molecule has 0 saturated carbocycles. The molecule has 0 radical (unpaired) electrons. The van der Waals surface area contributed by atoms with E-state index in [-0.39, 0.29) is 0 Å². The Morgan fingerprint density at radius 1 is 1.55 bits per heavy atom. The zero-order valence-corrected chi connectivity index (χ0v) is 5.77. The molecule has 0 bridgehead atoms. The normalized spacial score (nSPS) is 9.45. The average Bonchev–Trinajstić information content (AvgIpc) is 1.98. The van der Waals surface area contributed by atoms with E-state index in [0.717, 1.165) is 7.11 Å². The number of amides is 1. The van der Waals surface area contributed by atoms with Gasteiger partial charge in [-0.15, -0.1) is 0 Å². The van der Waals surface area contributed by atoms with Gasteiger partial charge in [-0.05, 0) is 0 Å². The number of rotatable bonds is 2. The molecule has 0 aliphatic rings. The van der Waals surface area contributed by atoms with Crippen molar-refractivity contribution in [1.82, 2.24) is 5.32 Å². The minimum atomic E-state index is -2.66. The van der Waals surface area contributed by atoms with Crippen molar-refractivity contribution in [2.24, 2.45) is 0 Å². The molecule has 1 N–H and O–H groups in total. The Labute approximate surface area is 61.5 Å². The number of hydrogen-bond donors (Lipinski definition) is 1. The van der Waals surface area contributed by atoms with Gasteiger partial charge in [0.15, 0.2) is 0 Å². The van der Waals surface area contributed by atoms with Crippen molar-refractivity contribution in [3.8, 4) is 0 Å². The summed E-state index contributed by atoms with van der Waals surface area (Å²) in [5, 5.41) is 1.67. The van der Waals surface area contributed by atoms with Gasteiger partial charge in [-0.25, -0.2) is 13.6 Å². The van der Waals surface area contributed by atoms with Gasteiger partial charge in [0.05, 0.1) is 13.7 Å².